The predicted molar refractivity (Wildman–Crippen MR) is 74.5 cm³/mol. The molecule has 0 aliphatic rings. The molecular weight excluding hydrogens is 294 g/mol. The number of hydrogen-bond acceptors (Lipinski definition) is 2. The molecule has 4 nitrogen and oxygen atoms in total. The first-order valence-electron chi connectivity index (χ1n) is 6.08. The first-order chi connectivity index (χ1) is 8.52. The van der Waals surface area contributed by atoms with Crippen molar-refractivity contribution in [1.29, 1.82) is 0 Å². The van der Waals surface area contributed by atoms with Crippen LogP contribution in [0.25, 0.3) is 0 Å². The van der Waals surface area contributed by atoms with Crippen LogP contribution < -0.4 is 0 Å². The molecule has 0 aromatic carbocycles. The van der Waals surface area contributed by atoms with Gasteiger partial charge in [0.15, 0.2) is 0 Å². The zero-order valence-corrected chi connectivity index (χ0v) is 12.5. The van der Waals surface area contributed by atoms with Gasteiger partial charge in [-0.3, -0.25) is 4.68 Å². The minimum atomic E-state index is -0.424. The molecule has 0 fully saturated rings. The van der Waals surface area contributed by atoms with Crippen molar-refractivity contribution < 1.29 is 5.11 Å². The van der Waals surface area contributed by atoms with Crippen LogP contribution in [-0.2, 0) is 13.1 Å². The lowest BCUT2D eigenvalue weighted by Gasteiger charge is -2.07. The monoisotopic (exact) mass is 311 g/mol. The molecule has 0 amide bonds. The minimum absolute atomic E-state index is 0.424. The van der Waals surface area contributed by atoms with Crippen LogP contribution in [0.1, 0.15) is 36.9 Å². The third-order valence-electron chi connectivity index (χ3n) is 3.04. The Morgan fingerprint density at radius 3 is 2.78 bits per heavy atom. The molecule has 0 aliphatic carbocycles. The highest BCUT2D eigenvalue weighted by molar-refractivity contribution is 9.10. The van der Waals surface area contributed by atoms with Gasteiger partial charge in [0, 0.05) is 18.9 Å². The van der Waals surface area contributed by atoms with Gasteiger partial charge in [0.1, 0.15) is 0 Å². The fourth-order valence-electron chi connectivity index (χ4n) is 2.00. The summed E-state index contributed by atoms with van der Waals surface area (Å²) in [5.74, 6) is 0. The number of halogens is 1. The number of aromatic nitrogens is 3. The average molecular weight is 312 g/mol. The van der Waals surface area contributed by atoms with Gasteiger partial charge in [0.05, 0.1) is 28.5 Å². The van der Waals surface area contributed by atoms with E-state index in [9.17, 15) is 5.11 Å². The fourth-order valence-corrected chi connectivity index (χ4v) is 2.41. The molecule has 2 aromatic rings. The third kappa shape index (κ3) is 2.52. The Bertz CT molecular complexity index is 542. The van der Waals surface area contributed by atoms with Gasteiger partial charge in [0.25, 0.3) is 0 Å². The lowest BCUT2D eigenvalue weighted by atomic mass is 10.2. The van der Waals surface area contributed by atoms with E-state index in [4.69, 9.17) is 0 Å². The van der Waals surface area contributed by atoms with Gasteiger partial charge in [-0.25, -0.2) is 0 Å². The van der Waals surface area contributed by atoms with Gasteiger partial charge >= 0.3 is 0 Å². The smallest absolute Gasteiger partial charge is 0.0776 e. The Hall–Kier alpha value is -1.07. The summed E-state index contributed by atoms with van der Waals surface area (Å²) in [5, 5.41) is 14.0. The van der Waals surface area contributed by atoms with Crippen molar-refractivity contribution in [2.45, 2.75) is 40.0 Å². The summed E-state index contributed by atoms with van der Waals surface area (Å²) in [7, 11) is 0. The Balaban J connectivity index is 2.27. The molecule has 1 atom stereocenters. The second-order valence-corrected chi connectivity index (χ2v) is 5.25. The van der Waals surface area contributed by atoms with E-state index in [-0.39, 0.29) is 0 Å². The normalized spacial score (nSPS) is 12.9. The van der Waals surface area contributed by atoms with Crippen LogP contribution in [0.2, 0.25) is 0 Å². The van der Waals surface area contributed by atoms with E-state index in [1.54, 1.807) is 6.92 Å². The number of rotatable bonds is 4. The minimum Gasteiger partial charge on any atom is -0.389 e. The summed E-state index contributed by atoms with van der Waals surface area (Å²) in [6, 6.07) is 1.94. The van der Waals surface area contributed by atoms with Crippen LogP contribution in [0.4, 0.5) is 0 Å². The molecule has 0 bridgehead atoms. The van der Waals surface area contributed by atoms with Gasteiger partial charge in [-0.1, -0.05) is 0 Å². The molecule has 0 spiro atoms. The molecule has 0 saturated carbocycles. The highest BCUT2D eigenvalue weighted by atomic mass is 79.9. The summed E-state index contributed by atoms with van der Waals surface area (Å²) in [6.45, 7) is 7.46. The molecular formula is C13H18BrN3O. The molecule has 0 saturated heterocycles. The van der Waals surface area contributed by atoms with Gasteiger partial charge in [-0.2, -0.15) is 5.10 Å². The first-order valence-corrected chi connectivity index (χ1v) is 6.87. The second kappa shape index (κ2) is 5.28. The highest BCUT2D eigenvalue weighted by Gasteiger charge is 2.12. The molecule has 2 rings (SSSR count). The van der Waals surface area contributed by atoms with Crippen LogP contribution >= 0.6 is 15.9 Å². The number of nitrogens with zero attached hydrogens (tertiary/aromatic N) is 3. The van der Waals surface area contributed by atoms with E-state index < -0.39 is 6.10 Å². The largest absolute Gasteiger partial charge is 0.389 e. The van der Waals surface area contributed by atoms with Gasteiger partial charge < -0.3 is 9.67 Å². The van der Waals surface area contributed by atoms with Crippen LogP contribution in [0.3, 0.4) is 0 Å². The van der Waals surface area contributed by atoms with E-state index >= 15 is 0 Å². The van der Waals surface area contributed by atoms with Crippen molar-refractivity contribution in [3.8, 4) is 0 Å². The molecule has 98 valence electrons. The van der Waals surface area contributed by atoms with E-state index in [0.717, 1.165) is 34.5 Å². The second-order valence-electron chi connectivity index (χ2n) is 4.45. The molecule has 2 aromatic heterocycles. The van der Waals surface area contributed by atoms with Crippen LogP contribution in [0.15, 0.2) is 22.9 Å². The quantitative estimate of drug-likeness (QED) is 0.943. The lowest BCUT2D eigenvalue weighted by molar-refractivity contribution is 0.199. The number of hydrogen-bond donors (Lipinski definition) is 1. The predicted octanol–water partition coefficient (Wildman–Crippen LogP) is 2.88. The Morgan fingerprint density at radius 2 is 2.22 bits per heavy atom. The standard InChI is InChI=1S/C13H18BrN3O/c1-4-17-12(13(14)9(2)15-17)8-16-6-5-11(7-16)10(3)18/h5-7,10,18H,4,8H2,1-3H3. The highest BCUT2D eigenvalue weighted by Crippen LogP contribution is 2.22. The number of aryl methyl sites for hydroxylation is 2. The van der Waals surface area contributed by atoms with Crippen LogP contribution in [0.5, 0.6) is 0 Å². The molecule has 18 heavy (non-hydrogen) atoms. The van der Waals surface area contributed by atoms with E-state index in [0.29, 0.717) is 0 Å². The number of aliphatic hydroxyl groups excluding tert-OH is 1. The molecule has 0 radical (unpaired) electrons. The zero-order valence-electron chi connectivity index (χ0n) is 10.9. The van der Waals surface area contributed by atoms with Crippen molar-refractivity contribution in [3.63, 3.8) is 0 Å². The maximum Gasteiger partial charge on any atom is 0.0776 e. The lowest BCUT2D eigenvalue weighted by Crippen LogP contribution is -2.07. The Labute approximate surface area is 115 Å². The topological polar surface area (TPSA) is 43.0 Å². The Morgan fingerprint density at radius 1 is 1.50 bits per heavy atom. The van der Waals surface area contributed by atoms with E-state index in [1.807, 2.05) is 30.1 Å². The van der Waals surface area contributed by atoms with Crippen molar-refractivity contribution in [2.75, 3.05) is 0 Å². The summed E-state index contributed by atoms with van der Waals surface area (Å²) >= 11 is 3.59. The van der Waals surface area contributed by atoms with Gasteiger partial charge in [-0.05, 0) is 48.3 Å². The third-order valence-corrected chi connectivity index (χ3v) is 4.07. The number of aliphatic hydroxyl groups is 1. The molecule has 1 unspecified atom stereocenters. The maximum absolute atomic E-state index is 9.52. The van der Waals surface area contributed by atoms with Crippen molar-refractivity contribution >= 4 is 15.9 Å². The van der Waals surface area contributed by atoms with Crippen LogP contribution in [0, 0.1) is 6.92 Å². The van der Waals surface area contributed by atoms with E-state index in [1.165, 1.54) is 0 Å². The maximum atomic E-state index is 9.52. The summed E-state index contributed by atoms with van der Waals surface area (Å²) in [4.78, 5) is 0. The molecule has 0 aliphatic heterocycles. The van der Waals surface area contributed by atoms with Crippen molar-refractivity contribution in [3.05, 3.63) is 39.9 Å². The van der Waals surface area contributed by atoms with Crippen molar-refractivity contribution in [2.24, 2.45) is 0 Å². The van der Waals surface area contributed by atoms with Gasteiger partial charge in [-0.15, -0.1) is 0 Å². The zero-order chi connectivity index (χ0) is 13.3. The first kappa shape index (κ1) is 13.4. The van der Waals surface area contributed by atoms with E-state index in [2.05, 4.69) is 32.5 Å². The van der Waals surface area contributed by atoms with Gasteiger partial charge in [0.2, 0.25) is 0 Å². The average Bonchev–Trinajstić information content (AvgIpc) is 2.89. The molecule has 5 heteroatoms. The summed E-state index contributed by atoms with van der Waals surface area (Å²) in [5.41, 5.74) is 3.10. The fraction of sp³-hybridized carbons (Fsp3) is 0.462. The SMILES string of the molecule is CCn1nc(C)c(Br)c1Cn1ccc(C(C)O)c1. The Kier molecular flexibility index (Phi) is 3.92. The summed E-state index contributed by atoms with van der Waals surface area (Å²) in [6.07, 6.45) is 3.53. The molecule has 1 N–H and O–H groups in total. The van der Waals surface area contributed by atoms with Crippen LogP contribution in [-0.4, -0.2) is 19.5 Å². The molecule has 2 heterocycles. The van der Waals surface area contributed by atoms with Crippen molar-refractivity contribution in [1.82, 2.24) is 14.3 Å². The summed E-state index contributed by atoms with van der Waals surface area (Å²) < 4.78 is 5.13.